The Labute approximate surface area is 126 Å². The van der Waals surface area contributed by atoms with E-state index in [0.717, 1.165) is 5.69 Å². The summed E-state index contributed by atoms with van der Waals surface area (Å²) in [6, 6.07) is 19.5. The number of benzene rings is 2. The van der Waals surface area contributed by atoms with Gasteiger partial charge in [-0.3, -0.25) is 4.98 Å². The molecule has 0 aliphatic rings. The summed E-state index contributed by atoms with van der Waals surface area (Å²) in [5, 5.41) is 2.43. The summed E-state index contributed by atoms with van der Waals surface area (Å²) < 4.78 is 0. The molecular weight excluding hydrogens is 256 g/mol. The molecule has 0 N–H and O–H groups in total. The molecule has 0 fully saturated rings. The van der Waals surface area contributed by atoms with Gasteiger partial charge in [0.2, 0.25) is 0 Å². The molecule has 0 amide bonds. The Kier molecular flexibility index (Phi) is 3.72. The molecule has 1 heterocycles. The Morgan fingerprint density at radius 2 is 1.76 bits per heavy atom. The zero-order valence-electron chi connectivity index (χ0n) is 12.7. The smallest absolute Gasteiger partial charge is 0.0780 e. The molecule has 0 saturated heterocycles. The number of hydrogen-bond donors (Lipinski definition) is 0. The highest BCUT2D eigenvalue weighted by Gasteiger charge is 2.10. The third-order valence-electron chi connectivity index (χ3n) is 4.09. The number of rotatable bonds is 3. The number of fused-ring (bicyclic) bond motifs is 1. The van der Waals surface area contributed by atoms with Gasteiger partial charge in [-0.1, -0.05) is 42.5 Å². The van der Waals surface area contributed by atoms with Crippen molar-refractivity contribution in [3.63, 3.8) is 0 Å². The highest BCUT2D eigenvalue weighted by Crippen LogP contribution is 2.28. The van der Waals surface area contributed by atoms with E-state index in [9.17, 15) is 0 Å². The first-order valence-corrected chi connectivity index (χ1v) is 7.27. The zero-order valence-corrected chi connectivity index (χ0v) is 12.7. The van der Waals surface area contributed by atoms with Crippen molar-refractivity contribution >= 4 is 10.8 Å². The number of pyridine rings is 1. The highest BCUT2D eigenvalue weighted by atomic mass is 15.1. The minimum Gasteiger partial charge on any atom is -0.303 e. The van der Waals surface area contributed by atoms with Crippen molar-refractivity contribution in [2.24, 2.45) is 0 Å². The zero-order chi connectivity index (χ0) is 14.8. The van der Waals surface area contributed by atoms with Gasteiger partial charge in [0, 0.05) is 23.2 Å². The topological polar surface area (TPSA) is 16.1 Å². The van der Waals surface area contributed by atoms with Gasteiger partial charge in [0.1, 0.15) is 0 Å². The lowest BCUT2D eigenvalue weighted by atomic mass is 9.99. The van der Waals surface area contributed by atoms with Crippen molar-refractivity contribution in [1.82, 2.24) is 9.88 Å². The normalized spacial score (nSPS) is 12.8. The van der Waals surface area contributed by atoms with Crippen LogP contribution in [0.5, 0.6) is 0 Å². The molecule has 1 atom stereocenters. The lowest BCUT2D eigenvalue weighted by molar-refractivity contribution is 0.321. The minimum atomic E-state index is 0.389. The lowest BCUT2D eigenvalue weighted by Gasteiger charge is -2.20. The Morgan fingerprint density at radius 1 is 0.952 bits per heavy atom. The second-order valence-corrected chi connectivity index (χ2v) is 5.65. The Bertz CT molecular complexity index is 757. The van der Waals surface area contributed by atoms with Crippen LogP contribution in [0.4, 0.5) is 0 Å². The van der Waals surface area contributed by atoms with E-state index in [1.54, 1.807) is 0 Å². The van der Waals surface area contributed by atoms with Gasteiger partial charge >= 0.3 is 0 Å². The van der Waals surface area contributed by atoms with Crippen molar-refractivity contribution < 1.29 is 0 Å². The quantitative estimate of drug-likeness (QED) is 0.699. The fourth-order valence-corrected chi connectivity index (χ4v) is 2.59. The Hall–Kier alpha value is -2.19. The second-order valence-electron chi connectivity index (χ2n) is 5.65. The summed E-state index contributed by atoms with van der Waals surface area (Å²) in [5.41, 5.74) is 3.55. The van der Waals surface area contributed by atoms with E-state index in [2.05, 4.69) is 85.5 Å². The van der Waals surface area contributed by atoms with Gasteiger partial charge in [0.25, 0.3) is 0 Å². The van der Waals surface area contributed by atoms with Crippen LogP contribution in [0.3, 0.4) is 0 Å². The summed E-state index contributed by atoms with van der Waals surface area (Å²) in [4.78, 5) is 6.83. The molecule has 0 radical (unpaired) electrons. The standard InChI is InChI=1S/C19H20N2/c1-14(21(2)3)16-8-6-9-17(13-16)19-18-10-5-4-7-15(18)11-12-20-19/h4-14H,1-3H3/t14-/m1/s1. The van der Waals surface area contributed by atoms with Crippen LogP contribution in [-0.4, -0.2) is 24.0 Å². The second kappa shape index (κ2) is 5.66. The molecule has 21 heavy (non-hydrogen) atoms. The molecule has 3 rings (SSSR count). The molecule has 0 bridgehead atoms. The van der Waals surface area contributed by atoms with E-state index >= 15 is 0 Å². The molecule has 0 aliphatic heterocycles. The summed E-state index contributed by atoms with van der Waals surface area (Å²) in [7, 11) is 4.21. The van der Waals surface area contributed by atoms with Crippen molar-refractivity contribution in [2.45, 2.75) is 13.0 Å². The van der Waals surface area contributed by atoms with Gasteiger partial charge in [0.05, 0.1) is 5.69 Å². The largest absolute Gasteiger partial charge is 0.303 e. The van der Waals surface area contributed by atoms with Gasteiger partial charge in [-0.15, -0.1) is 0 Å². The fourth-order valence-electron chi connectivity index (χ4n) is 2.59. The molecular formula is C19H20N2. The Balaban J connectivity index is 2.13. The highest BCUT2D eigenvalue weighted by molar-refractivity contribution is 5.94. The molecule has 0 aliphatic carbocycles. The molecule has 0 spiro atoms. The van der Waals surface area contributed by atoms with Crippen LogP contribution in [0.25, 0.3) is 22.0 Å². The van der Waals surface area contributed by atoms with Crippen molar-refractivity contribution in [3.8, 4) is 11.3 Å². The van der Waals surface area contributed by atoms with Crippen molar-refractivity contribution in [3.05, 3.63) is 66.4 Å². The lowest BCUT2D eigenvalue weighted by Crippen LogP contribution is -2.16. The first-order chi connectivity index (χ1) is 10.2. The van der Waals surface area contributed by atoms with Crippen LogP contribution in [0.1, 0.15) is 18.5 Å². The third kappa shape index (κ3) is 2.67. The molecule has 0 unspecified atom stereocenters. The summed E-state index contributed by atoms with van der Waals surface area (Å²) in [6.45, 7) is 2.22. The van der Waals surface area contributed by atoms with E-state index in [0.29, 0.717) is 6.04 Å². The van der Waals surface area contributed by atoms with Crippen LogP contribution in [0, 0.1) is 0 Å². The molecule has 2 heteroatoms. The van der Waals surface area contributed by atoms with Crippen LogP contribution in [0.15, 0.2) is 60.8 Å². The van der Waals surface area contributed by atoms with Crippen LogP contribution in [-0.2, 0) is 0 Å². The first-order valence-electron chi connectivity index (χ1n) is 7.27. The molecule has 2 nitrogen and oxygen atoms in total. The molecule has 2 aromatic carbocycles. The minimum absolute atomic E-state index is 0.389. The maximum Gasteiger partial charge on any atom is 0.0780 e. The Morgan fingerprint density at radius 3 is 2.57 bits per heavy atom. The molecule has 106 valence electrons. The number of hydrogen-bond acceptors (Lipinski definition) is 2. The van der Waals surface area contributed by atoms with E-state index in [1.807, 2.05) is 6.20 Å². The van der Waals surface area contributed by atoms with Gasteiger partial charge < -0.3 is 4.90 Å². The van der Waals surface area contributed by atoms with Crippen molar-refractivity contribution in [1.29, 1.82) is 0 Å². The van der Waals surface area contributed by atoms with E-state index in [4.69, 9.17) is 0 Å². The summed E-state index contributed by atoms with van der Waals surface area (Å²) >= 11 is 0. The van der Waals surface area contributed by atoms with Crippen molar-refractivity contribution in [2.75, 3.05) is 14.1 Å². The van der Waals surface area contributed by atoms with E-state index in [-0.39, 0.29) is 0 Å². The predicted octanol–water partition coefficient (Wildman–Crippen LogP) is 4.52. The van der Waals surface area contributed by atoms with Crippen LogP contribution >= 0.6 is 0 Å². The predicted molar refractivity (Wildman–Crippen MR) is 89.3 cm³/mol. The molecule has 3 aromatic rings. The first kappa shape index (κ1) is 13.8. The van der Waals surface area contributed by atoms with Crippen LogP contribution < -0.4 is 0 Å². The van der Waals surface area contributed by atoms with Crippen LogP contribution in [0.2, 0.25) is 0 Å². The van der Waals surface area contributed by atoms with Gasteiger partial charge in [-0.25, -0.2) is 0 Å². The fraction of sp³-hybridized carbons (Fsp3) is 0.211. The number of aromatic nitrogens is 1. The molecule has 0 saturated carbocycles. The maximum atomic E-state index is 4.61. The third-order valence-corrected chi connectivity index (χ3v) is 4.09. The van der Waals surface area contributed by atoms with E-state index < -0.39 is 0 Å². The van der Waals surface area contributed by atoms with Gasteiger partial charge in [0.15, 0.2) is 0 Å². The van der Waals surface area contributed by atoms with Gasteiger partial charge in [-0.2, -0.15) is 0 Å². The summed E-state index contributed by atoms with van der Waals surface area (Å²) in [5.74, 6) is 0. The molecule has 1 aromatic heterocycles. The van der Waals surface area contributed by atoms with E-state index in [1.165, 1.54) is 21.9 Å². The van der Waals surface area contributed by atoms with Gasteiger partial charge in [-0.05, 0) is 44.1 Å². The SMILES string of the molecule is C[C@H](c1cccc(-c2nccc3ccccc23)c1)N(C)C. The maximum absolute atomic E-state index is 4.61. The number of nitrogens with zero attached hydrogens (tertiary/aromatic N) is 2. The average molecular weight is 276 g/mol. The summed E-state index contributed by atoms with van der Waals surface area (Å²) in [6.07, 6.45) is 1.89. The monoisotopic (exact) mass is 276 g/mol. The average Bonchev–Trinajstić information content (AvgIpc) is 2.53.